The summed E-state index contributed by atoms with van der Waals surface area (Å²) in [4.78, 5) is 62.2. The molecule has 5 saturated heterocycles. The molecule has 5 heterocycles. The summed E-state index contributed by atoms with van der Waals surface area (Å²) in [6, 6.07) is -2.29. The first-order valence-corrected chi connectivity index (χ1v) is 19.4. The largest absolute Gasteiger partial charge is 0.481 e. The van der Waals surface area contributed by atoms with Crippen LogP contribution in [0.4, 0.5) is 0 Å². The maximum atomic E-state index is 13.8. The second-order valence-corrected chi connectivity index (χ2v) is 16.8. The predicted octanol–water partition coefficient (Wildman–Crippen LogP) is 1.76. The zero-order valence-electron chi connectivity index (χ0n) is 32.2. The molecule has 0 saturated carbocycles. The van der Waals surface area contributed by atoms with Gasteiger partial charge in [-0.05, 0) is 73.0 Å². The topological polar surface area (TPSA) is 226 Å². The van der Waals surface area contributed by atoms with Gasteiger partial charge in [0.25, 0.3) is 0 Å². The van der Waals surface area contributed by atoms with Crippen LogP contribution in [0.5, 0.6) is 0 Å². The molecule has 5 fully saturated rings. The van der Waals surface area contributed by atoms with Crippen molar-refractivity contribution in [1.82, 2.24) is 26.6 Å². The second-order valence-electron chi connectivity index (χ2n) is 16.8. The van der Waals surface area contributed by atoms with Gasteiger partial charge in [-0.15, -0.1) is 6.58 Å². The number of amides is 1. The Hall–Kier alpha value is -2.07. The van der Waals surface area contributed by atoms with Crippen LogP contribution in [0.15, 0.2) is 12.7 Å². The van der Waals surface area contributed by atoms with E-state index >= 15 is 0 Å². The molecule has 5 rings (SSSR count). The summed E-state index contributed by atoms with van der Waals surface area (Å²) in [6.45, 7) is 15.0. The third kappa shape index (κ3) is 9.32. The number of carboxylic acids is 4. The fourth-order valence-electron chi connectivity index (χ4n) is 11.3. The average molecular weight is 755 g/mol. The van der Waals surface area contributed by atoms with E-state index in [0.717, 1.165) is 19.3 Å². The van der Waals surface area contributed by atoms with Crippen molar-refractivity contribution in [1.29, 1.82) is 0 Å². The number of carbonyl (C=O) groups is 5. The summed E-state index contributed by atoms with van der Waals surface area (Å²) >= 11 is 0. The molecule has 8 bridgehead atoms. The van der Waals surface area contributed by atoms with Crippen LogP contribution in [0.25, 0.3) is 0 Å². The fraction of sp³-hybridized carbons (Fsp3) is 0.816. The van der Waals surface area contributed by atoms with Crippen LogP contribution in [0.2, 0.25) is 0 Å². The Labute approximate surface area is 335 Å². The standard InChI is InChI=1S/C38H61N5O9.Na/c1-7-20-16(3)24-12-26-18(5)22(9-10-32(45)46)35(42-26)23(11-31(44)41-30(37(49)50)15-33(47)48)36-34(38(51)52)19(6)27(43-36)14-29-21(8-2)17(4)25(40-29)13-28(20)39-24;/h7,16-30,34-36,39-40,42-43H,1,8-15H2,2-6H3,(H,41,44)(H,45,46)(H,47,48)(H,49,50)(H,51,52);/t16?,17?,18-,19?,20?,21?,22-,23?,24?,25?,26?,27?,28?,29?,30-,34?,35?,36?;/m0./s1. The van der Waals surface area contributed by atoms with Crippen molar-refractivity contribution in [3.05, 3.63) is 12.7 Å². The van der Waals surface area contributed by atoms with Gasteiger partial charge in [-0.3, -0.25) is 19.2 Å². The van der Waals surface area contributed by atoms with Gasteiger partial charge in [0.1, 0.15) is 6.04 Å². The molecule has 0 aromatic rings. The summed E-state index contributed by atoms with van der Waals surface area (Å²) < 4.78 is 0. The van der Waals surface area contributed by atoms with Crippen LogP contribution >= 0.6 is 0 Å². The van der Waals surface area contributed by atoms with Gasteiger partial charge < -0.3 is 47.0 Å². The molecule has 18 atom stereocenters. The van der Waals surface area contributed by atoms with E-state index in [-0.39, 0.29) is 108 Å². The Bertz CT molecular complexity index is 1370. The van der Waals surface area contributed by atoms with E-state index in [2.05, 4.69) is 66.9 Å². The van der Waals surface area contributed by atoms with E-state index in [1.54, 1.807) is 0 Å². The van der Waals surface area contributed by atoms with Gasteiger partial charge in [0.2, 0.25) is 5.91 Å². The molecule has 15 heteroatoms. The van der Waals surface area contributed by atoms with Crippen LogP contribution in [0.1, 0.15) is 86.0 Å². The average Bonchev–Trinajstić information content (AvgIpc) is 3.74. The van der Waals surface area contributed by atoms with Gasteiger partial charge in [-0.2, -0.15) is 0 Å². The maximum absolute atomic E-state index is 13.8. The third-order valence-electron chi connectivity index (χ3n) is 14.2. The number of hydrogen-bond donors (Lipinski definition) is 9. The number of hydrogen-bond acceptors (Lipinski definition) is 9. The van der Waals surface area contributed by atoms with Crippen molar-refractivity contribution in [3.8, 4) is 0 Å². The van der Waals surface area contributed by atoms with Gasteiger partial charge in [0, 0.05) is 90.7 Å². The summed E-state index contributed by atoms with van der Waals surface area (Å²) in [5.41, 5.74) is 0. The Morgan fingerprint density at radius 1 is 0.717 bits per heavy atom. The minimum Gasteiger partial charge on any atom is -0.481 e. The summed E-state index contributed by atoms with van der Waals surface area (Å²) in [5, 5.41) is 57.4. The zero-order chi connectivity index (χ0) is 38.2. The summed E-state index contributed by atoms with van der Waals surface area (Å²) in [7, 11) is 0. The molecule has 5 aliphatic rings. The van der Waals surface area contributed by atoms with Crippen LogP contribution < -0.4 is 26.6 Å². The minimum absolute atomic E-state index is 0. The molecule has 14 nitrogen and oxygen atoms in total. The molecule has 293 valence electrons. The Morgan fingerprint density at radius 3 is 1.85 bits per heavy atom. The zero-order valence-corrected chi connectivity index (χ0v) is 34.2. The molecule has 9 N–H and O–H groups in total. The van der Waals surface area contributed by atoms with E-state index in [1.165, 1.54) is 0 Å². The smallest absolute Gasteiger partial charge is 0.326 e. The number of nitrogens with one attached hydrogen (secondary N) is 5. The van der Waals surface area contributed by atoms with Crippen molar-refractivity contribution >= 4 is 59.3 Å². The predicted molar refractivity (Wildman–Crippen MR) is 198 cm³/mol. The monoisotopic (exact) mass is 754 g/mol. The molecule has 0 spiro atoms. The van der Waals surface area contributed by atoms with Crippen molar-refractivity contribution < 1.29 is 44.4 Å². The van der Waals surface area contributed by atoms with E-state index in [9.17, 15) is 44.4 Å². The van der Waals surface area contributed by atoms with Crippen molar-refractivity contribution in [2.24, 2.45) is 53.3 Å². The van der Waals surface area contributed by atoms with Gasteiger partial charge in [-0.1, -0.05) is 47.1 Å². The fourth-order valence-corrected chi connectivity index (χ4v) is 11.3. The van der Waals surface area contributed by atoms with Crippen molar-refractivity contribution in [3.63, 3.8) is 0 Å². The Balaban J connectivity index is 0.00000627. The number of rotatable bonds is 12. The van der Waals surface area contributed by atoms with Gasteiger partial charge in [0.05, 0.1) is 12.3 Å². The van der Waals surface area contributed by atoms with Crippen LogP contribution in [-0.2, 0) is 24.0 Å². The molecule has 0 aromatic carbocycles. The molecule has 0 aromatic heterocycles. The van der Waals surface area contributed by atoms with Crippen molar-refractivity contribution in [2.45, 2.75) is 140 Å². The first-order valence-electron chi connectivity index (χ1n) is 19.4. The SMILES string of the molecule is C=CC1C2CC3NC(CC4NC(C(CC(=O)N[C@@H](CC(=O)O)C(=O)O)C5NC(CC(N2)C1C)[C@@H](C)[C@@H]5CCC(=O)O)C(C(=O)O)C4C)C(CC)C3C.[Na]. The molecule has 15 unspecified atom stereocenters. The van der Waals surface area contributed by atoms with Gasteiger partial charge in [0.15, 0.2) is 0 Å². The number of aliphatic carboxylic acids is 4. The van der Waals surface area contributed by atoms with E-state index in [0.29, 0.717) is 24.7 Å². The normalized spacial score (nSPS) is 42.6. The van der Waals surface area contributed by atoms with Crippen LogP contribution in [-0.4, -0.2) is 134 Å². The quantitative estimate of drug-likeness (QED) is 0.102. The maximum Gasteiger partial charge on any atom is 0.326 e. The number of fused-ring (bicyclic) bond motifs is 8. The van der Waals surface area contributed by atoms with E-state index < -0.39 is 66.2 Å². The molecule has 1 radical (unpaired) electrons. The minimum atomic E-state index is -1.66. The molecular formula is C38H61N5NaO9. The molecule has 53 heavy (non-hydrogen) atoms. The third-order valence-corrected chi connectivity index (χ3v) is 14.2. The Kier molecular flexibility index (Phi) is 15.0. The molecular weight excluding hydrogens is 693 g/mol. The number of carbonyl (C=O) groups excluding carboxylic acids is 1. The molecule has 5 aliphatic heterocycles. The summed E-state index contributed by atoms with van der Waals surface area (Å²) in [6.07, 6.45) is 4.60. The van der Waals surface area contributed by atoms with Crippen LogP contribution in [0, 0.1) is 53.3 Å². The second kappa shape index (κ2) is 18.3. The molecule has 1 amide bonds. The van der Waals surface area contributed by atoms with Crippen LogP contribution in [0.3, 0.4) is 0 Å². The first-order chi connectivity index (χ1) is 24.6. The van der Waals surface area contributed by atoms with E-state index in [4.69, 9.17) is 0 Å². The summed E-state index contributed by atoms with van der Waals surface area (Å²) in [5.74, 6) is -6.19. The van der Waals surface area contributed by atoms with Gasteiger partial charge >= 0.3 is 23.9 Å². The van der Waals surface area contributed by atoms with E-state index in [1.807, 2.05) is 6.92 Å². The van der Waals surface area contributed by atoms with Gasteiger partial charge in [-0.25, -0.2) is 4.79 Å². The number of carboxylic acid groups (broad SMARTS) is 4. The molecule has 0 aliphatic carbocycles. The Morgan fingerprint density at radius 2 is 1.26 bits per heavy atom. The van der Waals surface area contributed by atoms with Crippen molar-refractivity contribution in [2.75, 3.05) is 0 Å². The first kappa shape index (κ1) is 43.7.